The highest BCUT2D eigenvalue weighted by molar-refractivity contribution is 5.72. The van der Waals surface area contributed by atoms with Crippen LogP contribution in [0.1, 0.15) is 55.9 Å². The fourth-order valence-corrected chi connectivity index (χ4v) is 4.44. The van der Waals surface area contributed by atoms with Gasteiger partial charge < -0.3 is 14.2 Å². The Bertz CT molecular complexity index is 1030. The van der Waals surface area contributed by atoms with Gasteiger partial charge in [0.15, 0.2) is 0 Å². The molecule has 1 unspecified atom stereocenters. The van der Waals surface area contributed by atoms with Gasteiger partial charge in [-0.1, -0.05) is 13.8 Å². The number of rotatable bonds is 7. The normalized spacial score (nSPS) is 17.5. The molecule has 0 aromatic heterocycles. The average molecular weight is 442 g/mol. The third-order valence-corrected chi connectivity index (χ3v) is 6.04. The summed E-state index contributed by atoms with van der Waals surface area (Å²) in [5.41, 5.74) is 3.38. The Morgan fingerprint density at radius 2 is 1.81 bits per heavy atom. The summed E-state index contributed by atoms with van der Waals surface area (Å²) < 4.78 is 18.3. The van der Waals surface area contributed by atoms with Crippen LogP contribution < -0.4 is 14.2 Å². The number of non-ortho nitro benzene ring substituents is 1. The van der Waals surface area contributed by atoms with Crippen molar-refractivity contribution in [2.24, 2.45) is 5.92 Å². The predicted molar refractivity (Wildman–Crippen MR) is 122 cm³/mol. The molecule has 0 N–H and O–H groups in total. The summed E-state index contributed by atoms with van der Waals surface area (Å²) in [5, 5.41) is 10.9. The molecule has 0 saturated carbocycles. The third-order valence-electron chi connectivity index (χ3n) is 6.04. The van der Waals surface area contributed by atoms with Crippen LogP contribution in [0.4, 0.5) is 5.69 Å². The van der Waals surface area contributed by atoms with Crippen LogP contribution in [0.2, 0.25) is 0 Å². The number of nitrogens with zero attached hydrogens (tertiary/aromatic N) is 1. The Labute approximate surface area is 188 Å². The molecular formula is C25H31NO6. The summed E-state index contributed by atoms with van der Waals surface area (Å²) in [5.74, 6) is 2.09. The molecule has 172 valence electrons. The molecule has 0 bridgehead atoms. The van der Waals surface area contributed by atoms with Gasteiger partial charge in [-0.2, -0.15) is 0 Å². The van der Waals surface area contributed by atoms with Crippen molar-refractivity contribution in [3.63, 3.8) is 0 Å². The lowest BCUT2D eigenvalue weighted by molar-refractivity contribution is -0.384. The highest BCUT2D eigenvalue weighted by Gasteiger charge is 2.40. The van der Waals surface area contributed by atoms with E-state index in [9.17, 15) is 14.9 Å². The maximum absolute atomic E-state index is 11.6. The van der Waals surface area contributed by atoms with Gasteiger partial charge in [-0.05, 0) is 74.8 Å². The number of nitro groups is 1. The summed E-state index contributed by atoms with van der Waals surface area (Å²) in [6.45, 7) is 12.0. The zero-order valence-electron chi connectivity index (χ0n) is 19.6. The fraction of sp³-hybridized carbons (Fsp3) is 0.480. The Kier molecular flexibility index (Phi) is 6.77. The molecular weight excluding hydrogens is 410 g/mol. The Balaban J connectivity index is 1.91. The molecule has 1 heterocycles. The molecule has 3 rings (SSSR count). The van der Waals surface area contributed by atoms with Crippen molar-refractivity contribution in [1.82, 2.24) is 0 Å². The third kappa shape index (κ3) is 4.87. The minimum Gasteiger partial charge on any atom is -0.489 e. The lowest BCUT2D eigenvalue weighted by Gasteiger charge is -2.41. The van der Waals surface area contributed by atoms with Gasteiger partial charge in [0.1, 0.15) is 29.5 Å². The highest BCUT2D eigenvalue weighted by atomic mass is 16.6. The number of hydrogen-bond acceptors (Lipinski definition) is 6. The number of hydrogen-bond donors (Lipinski definition) is 0. The quantitative estimate of drug-likeness (QED) is 0.239. The fourth-order valence-electron chi connectivity index (χ4n) is 4.44. The summed E-state index contributed by atoms with van der Waals surface area (Å²) in [6, 6.07) is 6.11. The van der Waals surface area contributed by atoms with Crippen LogP contribution in [-0.2, 0) is 11.2 Å². The number of carbonyl (C=O) groups excluding carboxylic acids is 1. The first-order chi connectivity index (χ1) is 15.0. The smallest absolute Gasteiger partial charge is 0.308 e. The molecule has 1 atom stereocenters. The summed E-state index contributed by atoms with van der Waals surface area (Å²) in [7, 11) is 0. The number of nitro benzene ring substituents is 1. The average Bonchev–Trinajstić information content (AvgIpc) is 2.73. The standard InChI is InChI=1S/C25H31NO6/c1-15(2)13-25(14-30-21-9-7-20(8-10-21)26(28)29)12-11-22-18(5)23(31-19(6)27)16(3)17(4)24(22)32-25/h7-10,15H,11-14H2,1-6H3. The van der Waals surface area contributed by atoms with E-state index >= 15 is 0 Å². The van der Waals surface area contributed by atoms with Crippen LogP contribution in [0.3, 0.4) is 0 Å². The van der Waals surface area contributed by atoms with E-state index in [1.807, 2.05) is 20.8 Å². The van der Waals surface area contributed by atoms with Gasteiger partial charge in [0.25, 0.3) is 5.69 Å². The molecule has 7 nitrogen and oxygen atoms in total. The minimum atomic E-state index is -0.518. The van der Waals surface area contributed by atoms with Gasteiger partial charge in [0.05, 0.1) is 4.92 Å². The Morgan fingerprint density at radius 3 is 2.38 bits per heavy atom. The first kappa shape index (κ1) is 23.6. The first-order valence-electron chi connectivity index (χ1n) is 10.9. The summed E-state index contributed by atoms with van der Waals surface area (Å²) >= 11 is 0. The zero-order chi connectivity index (χ0) is 23.6. The first-order valence-corrected chi connectivity index (χ1v) is 10.9. The Morgan fingerprint density at radius 1 is 1.16 bits per heavy atom. The molecule has 0 amide bonds. The molecule has 32 heavy (non-hydrogen) atoms. The number of ether oxygens (including phenoxy) is 3. The van der Waals surface area contributed by atoms with E-state index in [1.54, 1.807) is 12.1 Å². The highest BCUT2D eigenvalue weighted by Crippen LogP contribution is 2.45. The largest absolute Gasteiger partial charge is 0.489 e. The second-order valence-corrected chi connectivity index (χ2v) is 9.03. The Hall–Kier alpha value is -3.09. The van der Waals surface area contributed by atoms with Crippen LogP contribution in [0.15, 0.2) is 24.3 Å². The topological polar surface area (TPSA) is 87.9 Å². The van der Waals surface area contributed by atoms with Crippen molar-refractivity contribution < 1.29 is 23.9 Å². The van der Waals surface area contributed by atoms with Crippen molar-refractivity contribution in [3.8, 4) is 17.2 Å². The lowest BCUT2D eigenvalue weighted by atomic mass is 9.82. The minimum absolute atomic E-state index is 0.0299. The van der Waals surface area contributed by atoms with Gasteiger partial charge in [-0.3, -0.25) is 14.9 Å². The molecule has 1 aliphatic rings. The van der Waals surface area contributed by atoms with Gasteiger partial charge >= 0.3 is 5.97 Å². The molecule has 0 radical (unpaired) electrons. The predicted octanol–water partition coefficient (Wildman–Crippen LogP) is 5.63. The van der Waals surface area contributed by atoms with E-state index in [-0.39, 0.29) is 11.7 Å². The van der Waals surface area contributed by atoms with E-state index < -0.39 is 10.5 Å². The lowest BCUT2D eigenvalue weighted by Crippen LogP contribution is -2.46. The van der Waals surface area contributed by atoms with Crippen LogP contribution in [0, 0.1) is 36.8 Å². The van der Waals surface area contributed by atoms with Gasteiger partial charge in [-0.25, -0.2) is 0 Å². The van der Waals surface area contributed by atoms with Gasteiger partial charge in [0.2, 0.25) is 0 Å². The second-order valence-electron chi connectivity index (χ2n) is 9.03. The van der Waals surface area contributed by atoms with Gasteiger partial charge in [0, 0.05) is 24.6 Å². The SMILES string of the molecule is CC(=O)Oc1c(C)c(C)c2c(c1C)CCC(COc1ccc([N+](=O)[O-])cc1)(CC(C)C)O2. The van der Waals surface area contributed by atoms with Crippen LogP contribution in [0.5, 0.6) is 17.2 Å². The second kappa shape index (κ2) is 9.18. The molecule has 7 heteroatoms. The van der Waals surface area contributed by atoms with Crippen molar-refractivity contribution >= 4 is 11.7 Å². The maximum atomic E-state index is 11.6. The van der Waals surface area contributed by atoms with E-state index in [2.05, 4.69) is 13.8 Å². The summed E-state index contributed by atoms with van der Waals surface area (Å²) in [6.07, 6.45) is 2.35. The summed E-state index contributed by atoms with van der Waals surface area (Å²) in [4.78, 5) is 22.1. The van der Waals surface area contributed by atoms with E-state index in [1.165, 1.54) is 19.1 Å². The monoisotopic (exact) mass is 441 g/mol. The van der Waals surface area contributed by atoms with Crippen molar-refractivity contribution in [2.75, 3.05) is 6.61 Å². The number of benzene rings is 2. The molecule has 1 aliphatic heterocycles. The molecule has 2 aromatic carbocycles. The number of esters is 1. The molecule has 2 aromatic rings. The van der Waals surface area contributed by atoms with Crippen molar-refractivity contribution in [3.05, 3.63) is 56.6 Å². The van der Waals surface area contributed by atoms with Crippen molar-refractivity contribution in [1.29, 1.82) is 0 Å². The van der Waals surface area contributed by atoms with Crippen LogP contribution in [0.25, 0.3) is 0 Å². The molecule has 0 saturated heterocycles. The zero-order valence-corrected chi connectivity index (χ0v) is 19.6. The van der Waals surface area contributed by atoms with E-state index in [0.717, 1.165) is 47.3 Å². The molecule has 0 aliphatic carbocycles. The van der Waals surface area contributed by atoms with Crippen LogP contribution in [-0.4, -0.2) is 23.1 Å². The van der Waals surface area contributed by atoms with E-state index in [0.29, 0.717) is 24.0 Å². The number of fused-ring (bicyclic) bond motifs is 1. The molecule has 0 fully saturated rings. The van der Waals surface area contributed by atoms with Crippen molar-refractivity contribution in [2.45, 2.75) is 66.4 Å². The van der Waals surface area contributed by atoms with Crippen LogP contribution >= 0.6 is 0 Å². The molecule has 0 spiro atoms. The number of carbonyl (C=O) groups is 1. The maximum Gasteiger partial charge on any atom is 0.308 e. The van der Waals surface area contributed by atoms with Gasteiger partial charge in [-0.15, -0.1) is 0 Å². The van der Waals surface area contributed by atoms with E-state index in [4.69, 9.17) is 14.2 Å².